The fourth-order valence-corrected chi connectivity index (χ4v) is 2.20. The van der Waals surface area contributed by atoms with Gasteiger partial charge >= 0.3 is 5.97 Å². The van der Waals surface area contributed by atoms with Crippen LogP contribution in [0.25, 0.3) is 0 Å². The van der Waals surface area contributed by atoms with Crippen LogP contribution >= 0.6 is 0 Å². The summed E-state index contributed by atoms with van der Waals surface area (Å²) in [6.45, 7) is 2.05. The number of unbranched alkanes of at least 4 members (excludes halogenated alkanes) is 2. The topological polar surface area (TPSA) is 98.0 Å². The number of rotatable bonds is 15. The smallest absolute Gasteiger partial charge is 0.303 e. The molecule has 4 N–H and O–H groups in total. The summed E-state index contributed by atoms with van der Waals surface area (Å²) in [5, 5.41) is 37.8. The van der Waals surface area contributed by atoms with Gasteiger partial charge in [0, 0.05) is 6.42 Å². The Kier molecular flexibility index (Phi) is 16.0. The van der Waals surface area contributed by atoms with E-state index in [4.69, 9.17) is 5.11 Å². The molecule has 0 aromatic carbocycles. The molecule has 2 unspecified atom stereocenters. The van der Waals surface area contributed by atoms with Crippen molar-refractivity contribution in [3.05, 3.63) is 60.4 Å². The van der Waals surface area contributed by atoms with E-state index in [0.29, 0.717) is 38.5 Å². The van der Waals surface area contributed by atoms with Gasteiger partial charge in [-0.15, -0.1) is 0 Å². The first-order valence-electron chi connectivity index (χ1n) is 9.59. The number of carboxylic acid groups (broad SMARTS) is 1. The number of hydrogen-bond acceptors (Lipinski definition) is 4. The Morgan fingerprint density at radius 3 is 2.37 bits per heavy atom. The van der Waals surface area contributed by atoms with Crippen LogP contribution in [0.5, 0.6) is 0 Å². The molecule has 0 heterocycles. The van der Waals surface area contributed by atoms with E-state index in [9.17, 15) is 20.1 Å². The first-order valence-corrected chi connectivity index (χ1v) is 9.59. The van der Waals surface area contributed by atoms with Crippen LogP contribution in [0.2, 0.25) is 0 Å². The first kappa shape index (κ1) is 24.9. The van der Waals surface area contributed by atoms with Crippen molar-refractivity contribution in [1.82, 2.24) is 0 Å². The molecule has 2 atom stereocenters. The normalized spacial score (nSPS) is 15.4. The lowest BCUT2D eigenvalue weighted by atomic mass is 10.1. The average Bonchev–Trinajstić information content (AvgIpc) is 2.63. The quantitative estimate of drug-likeness (QED) is 0.144. The summed E-state index contributed by atoms with van der Waals surface area (Å²) < 4.78 is 0. The second-order valence-electron chi connectivity index (χ2n) is 6.26. The van der Waals surface area contributed by atoms with Gasteiger partial charge in [-0.3, -0.25) is 4.79 Å². The molecule has 5 heteroatoms. The number of allylic oxidation sites excluding steroid dienone is 7. The maximum Gasteiger partial charge on any atom is 0.303 e. The minimum absolute atomic E-state index is 0.0865. The molecular weight excluding hydrogens is 344 g/mol. The third-order valence-corrected chi connectivity index (χ3v) is 3.75. The highest BCUT2D eigenvalue weighted by molar-refractivity contribution is 5.66. The summed E-state index contributed by atoms with van der Waals surface area (Å²) >= 11 is 0. The number of carbonyl (C=O) groups is 1. The van der Waals surface area contributed by atoms with Gasteiger partial charge in [-0.25, -0.2) is 0 Å². The fourth-order valence-electron chi connectivity index (χ4n) is 2.20. The second kappa shape index (κ2) is 17.3. The van der Waals surface area contributed by atoms with E-state index in [1.165, 1.54) is 6.08 Å². The Bertz CT molecular complexity index is 529. The summed E-state index contributed by atoms with van der Waals surface area (Å²) in [6, 6.07) is 0. The number of hydrogen-bond donors (Lipinski definition) is 4. The van der Waals surface area contributed by atoms with Crippen molar-refractivity contribution in [2.75, 3.05) is 0 Å². The van der Waals surface area contributed by atoms with Gasteiger partial charge in [0.1, 0.15) is 11.9 Å². The van der Waals surface area contributed by atoms with Gasteiger partial charge in [-0.1, -0.05) is 68.4 Å². The van der Waals surface area contributed by atoms with Crippen LogP contribution in [0, 0.1) is 0 Å². The molecular formula is C22H34O5. The minimum atomic E-state index is -0.916. The molecule has 0 bridgehead atoms. The zero-order valence-corrected chi connectivity index (χ0v) is 16.2. The molecule has 0 amide bonds. The summed E-state index contributed by atoms with van der Waals surface area (Å²) in [7, 11) is 0. The Morgan fingerprint density at radius 2 is 1.67 bits per heavy atom. The summed E-state index contributed by atoms with van der Waals surface area (Å²) in [4.78, 5) is 10.4. The van der Waals surface area contributed by atoms with E-state index in [2.05, 4.69) is 6.92 Å². The molecule has 0 aromatic heterocycles. The van der Waals surface area contributed by atoms with E-state index >= 15 is 0 Å². The van der Waals surface area contributed by atoms with Crippen molar-refractivity contribution in [1.29, 1.82) is 0 Å². The molecule has 5 nitrogen and oxygen atoms in total. The Balaban J connectivity index is 3.96. The molecule has 0 rings (SSSR count). The largest absolute Gasteiger partial charge is 0.510 e. The average molecular weight is 379 g/mol. The van der Waals surface area contributed by atoms with Crippen LogP contribution in [-0.4, -0.2) is 38.6 Å². The van der Waals surface area contributed by atoms with Crippen LogP contribution in [0.4, 0.5) is 0 Å². The minimum Gasteiger partial charge on any atom is -0.510 e. The molecule has 0 aromatic rings. The maximum atomic E-state index is 10.4. The number of aliphatic carboxylic acids is 1. The molecule has 0 saturated carbocycles. The Hall–Kier alpha value is -2.11. The summed E-state index contributed by atoms with van der Waals surface area (Å²) in [5.41, 5.74) is 0. The zero-order chi connectivity index (χ0) is 20.3. The predicted molar refractivity (Wildman–Crippen MR) is 110 cm³/mol. The lowest BCUT2D eigenvalue weighted by molar-refractivity contribution is -0.137. The van der Waals surface area contributed by atoms with Crippen molar-refractivity contribution >= 4 is 5.97 Å². The van der Waals surface area contributed by atoms with Gasteiger partial charge in [-0.2, -0.15) is 0 Å². The highest BCUT2D eigenvalue weighted by Crippen LogP contribution is 2.10. The van der Waals surface area contributed by atoms with Crippen LogP contribution in [0.15, 0.2) is 60.4 Å². The fraction of sp³-hybridized carbons (Fsp3) is 0.500. The molecule has 27 heavy (non-hydrogen) atoms. The lowest BCUT2D eigenvalue weighted by Gasteiger charge is -2.08. The van der Waals surface area contributed by atoms with Crippen LogP contribution in [-0.2, 0) is 4.79 Å². The zero-order valence-electron chi connectivity index (χ0n) is 16.2. The number of aliphatic hydroxyl groups excluding tert-OH is 3. The van der Waals surface area contributed by atoms with E-state index in [1.54, 1.807) is 18.2 Å². The monoisotopic (exact) mass is 378 g/mol. The number of carboxylic acids is 1. The maximum absolute atomic E-state index is 10.4. The second-order valence-corrected chi connectivity index (χ2v) is 6.26. The Morgan fingerprint density at radius 1 is 0.926 bits per heavy atom. The van der Waals surface area contributed by atoms with E-state index in [1.807, 2.05) is 30.4 Å². The lowest BCUT2D eigenvalue weighted by Crippen LogP contribution is -2.09. The van der Waals surface area contributed by atoms with Crippen LogP contribution in [0.3, 0.4) is 0 Å². The molecule has 152 valence electrons. The van der Waals surface area contributed by atoms with Crippen LogP contribution in [0.1, 0.15) is 58.3 Å². The SMILES string of the molecule is CCC=CCC(O)C=CC=CCC=CC=C(O)C(O)CCCCCC(=O)O. The van der Waals surface area contributed by atoms with E-state index in [0.717, 1.165) is 6.42 Å². The van der Waals surface area contributed by atoms with E-state index in [-0.39, 0.29) is 12.2 Å². The first-order chi connectivity index (χ1) is 13.0. The molecule has 0 aliphatic carbocycles. The van der Waals surface area contributed by atoms with E-state index < -0.39 is 18.2 Å². The van der Waals surface area contributed by atoms with Gasteiger partial charge in [-0.05, 0) is 38.2 Å². The third-order valence-electron chi connectivity index (χ3n) is 3.75. The van der Waals surface area contributed by atoms with Crippen molar-refractivity contribution in [3.8, 4) is 0 Å². The van der Waals surface area contributed by atoms with Gasteiger partial charge in [0.05, 0.1) is 6.10 Å². The molecule has 0 spiro atoms. The molecule has 0 aliphatic heterocycles. The van der Waals surface area contributed by atoms with Gasteiger partial charge in [0.15, 0.2) is 0 Å². The predicted octanol–water partition coefficient (Wildman–Crippen LogP) is 4.60. The van der Waals surface area contributed by atoms with Crippen molar-refractivity contribution in [3.63, 3.8) is 0 Å². The Labute approximate surface area is 162 Å². The highest BCUT2D eigenvalue weighted by Gasteiger charge is 2.08. The molecule has 0 aliphatic rings. The van der Waals surface area contributed by atoms with Gasteiger partial charge in [0.2, 0.25) is 0 Å². The summed E-state index contributed by atoms with van der Waals surface area (Å²) in [5.74, 6) is -0.898. The van der Waals surface area contributed by atoms with Gasteiger partial charge in [0.25, 0.3) is 0 Å². The van der Waals surface area contributed by atoms with Crippen molar-refractivity contribution in [2.24, 2.45) is 0 Å². The molecule has 0 radical (unpaired) electrons. The summed E-state index contributed by atoms with van der Waals surface area (Å²) in [6.07, 6.45) is 19.7. The number of aliphatic hydroxyl groups is 3. The highest BCUT2D eigenvalue weighted by atomic mass is 16.4. The molecule has 0 fully saturated rings. The van der Waals surface area contributed by atoms with Gasteiger partial charge < -0.3 is 20.4 Å². The van der Waals surface area contributed by atoms with Crippen LogP contribution < -0.4 is 0 Å². The third kappa shape index (κ3) is 17.1. The van der Waals surface area contributed by atoms with Crippen molar-refractivity contribution in [2.45, 2.75) is 70.5 Å². The molecule has 0 saturated heterocycles. The standard InChI is InChI=1S/C22H34O5/c1-2-3-9-14-19(23)15-10-6-4-5-7-11-16-20(24)21(25)17-12-8-13-18-22(26)27/h3-4,6-7,9-11,15-16,19,21,23-25H,2,5,8,12-14,17-18H2,1H3,(H,26,27). The van der Waals surface area contributed by atoms with Crippen molar-refractivity contribution < 1.29 is 25.2 Å².